The lowest BCUT2D eigenvalue weighted by atomic mass is 10.1. The average Bonchev–Trinajstić information content (AvgIpc) is 3.26. The minimum absolute atomic E-state index is 0.0167. The van der Waals surface area contributed by atoms with E-state index in [2.05, 4.69) is 15.1 Å². The lowest BCUT2D eigenvalue weighted by Crippen LogP contribution is -2.29. The van der Waals surface area contributed by atoms with Gasteiger partial charge in [0.1, 0.15) is 12.7 Å². The molecule has 2 heterocycles. The average molecular weight is 382 g/mol. The summed E-state index contributed by atoms with van der Waals surface area (Å²) < 4.78 is 1.71. The summed E-state index contributed by atoms with van der Waals surface area (Å²) in [5.41, 5.74) is 3.09. The summed E-state index contributed by atoms with van der Waals surface area (Å²) in [7, 11) is 1.86. The first-order chi connectivity index (χ1) is 13.1. The molecule has 0 aliphatic carbocycles. The Hall–Kier alpha value is -2.67. The summed E-state index contributed by atoms with van der Waals surface area (Å²) in [5.74, 6) is 1.77. The smallest absolute Gasteiger partial charge is 0.223 e. The Labute approximate surface area is 163 Å². The van der Waals surface area contributed by atoms with Crippen LogP contribution in [0.15, 0.2) is 61.3 Å². The fourth-order valence-corrected chi connectivity index (χ4v) is 3.53. The Morgan fingerprint density at radius 1 is 1.22 bits per heavy atom. The molecule has 0 N–H and O–H groups in total. The van der Waals surface area contributed by atoms with Crippen LogP contribution in [0.2, 0.25) is 0 Å². The molecular weight excluding hydrogens is 358 g/mol. The van der Waals surface area contributed by atoms with Gasteiger partial charge in [0.2, 0.25) is 5.91 Å². The number of pyridine rings is 1. The highest BCUT2D eigenvalue weighted by atomic mass is 32.2. The number of hydrogen-bond acceptors (Lipinski definition) is 5. The van der Waals surface area contributed by atoms with E-state index in [1.54, 1.807) is 29.0 Å². The highest BCUT2D eigenvalue weighted by molar-refractivity contribution is 7.98. The third-order valence-electron chi connectivity index (χ3n) is 4.47. The quantitative estimate of drug-likeness (QED) is 0.559. The van der Waals surface area contributed by atoms with E-state index in [1.807, 2.05) is 61.3 Å². The molecule has 0 saturated heterocycles. The molecule has 0 aliphatic rings. The van der Waals surface area contributed by atoms with Gasteiger partial charge in [-0.05, 0) is 36.8 Å². The van der Waals surface area contributed by atoms with E-state index in [1.165, 1.54) is 6.33 Å². The molecule has 0 unspecified atom stereocenters. The summed E-state index contributed by atoms with van der Waals surface area (Å²) in [6, 6.07) is 13.9. The van der Waals surface area contributed by atoms with Crippen molar-refractivity contribution in [1.29, 1.82) is 0 Å². The van der Waals surface area contributed by atoms with Gasteiger partial charge in [0.05, 0.1) is 17.4 Å². The molecule has 27 heavy (non-hydrogen) atoms. The molecule has 7 heteroatoms. The van der Waals surface area contributed by atoms with Crippen LogP contribution in [-0.4, -0.2) is 43.4 Å². The standard InChI is InChI=1S/C20H23N5OS/c1-16(17-6-8-19(9-7-17)25-15-21-14-23-25)24(2)20(26)10-12-27-13-18-5-3-4-11-22-18/h3-9,11,14-16H,10,12-13H2,1-2H3/t16-/m1/s1. The number of aromatic nitrogens is 4. The van der Waals surface area contributed by atoms with Gasteiger partial charge in [0.15, 0.2) is 0 Å². The lowest BCUT2D eigenvalue weighted by molar-refractivity contribution is -0.131. The minimum atomic E-state index is 0.0167. The van der Waals surface area contributed by atoms with Crippen molar-refractivity contribution in [3.8, 4) is 5.69 Å². The Morgan fingerprint density at radius 2 is 2.04 bits per heavy atom. The number of carbonyl (C=O) groups excluding carboxylic acids is 1. The van der Waals surface area contributed by atoms with E-state index >= 15 is 0 Å². The zero-order valence-corrected chi connectivity index (χ0v) is 16.3. The molecule has 1 atom stereocenters. The van der Waals surface area contributed by atoms with Crippen molar-refractivity contribution in [2.24, 2.45) is 0 Å². The van der Waals surface area contributed by atoms with Gasteiger partial charge in [-0.3, -0.25) is 9.78 Å². The maximum atomic E-state index is 12.5. The Morgan fingerprint density at radius 3 is 2.70 bits per heavy atom. The summed E-state index contributed by atoms with van der Waals surface area (Å²) >= 11 is 1.73. The van der Waals surface area contributed by atoms with Gasteiger partial charge >= 0.3 is 0 Å². The molecule has 140 valence electrons. The van der Waals surface area contributed by atoms with Gasteiger partial charge in [-0.25, -0.2) is 9.67 Å². The zero-order valence-electron chi connectivity index (χ0n) is 15.5. The van der Waals surface area contributed by atoms with Crippen LogP contribution in [0.4, 0.5) is 0 Å². The third kappa shape index (κ3) is 5.17. The largest absolute Gasteiger partial charge is 0.339 e. The summed E-state index contributed by atoms with van der Waals surface area (Å²) in [6.07, 6.45) is 5.49. The number of amides is 1. The molecule has 0 aliphatic heterocycles. The first kappa shape index (κ1) is 19.1. The monoisotopic (exact) mass is 381 g/mol. The SMILES string of the molecule is C[C@H](c1ccc(-n2cncn2)cc1)N(C)C(=O)CCSCc1ccccn1. The van der Waals surface area contributed by atoms with E-state index in [-0.39, 0.29) is 11.9 Å². The van der Waals surface area contributed by atoms with E-state index in [9.17, 15) is 4.79 Å². The van der Waals surface area contributed by atoms with E-state index in [0.717, 1.165) is 28.5 Å². The summed E-state index contributed by atoms with van der Waals surface area (Å²) in [4.78, 5) is 22.6. The molecule has 2 aromatic heterocycles. The molecule has 1 aromatic carbocycles. The van der Waals surface area contributed by atoms with E-state index in [0.29, 0.717) is 6.42 Å². The van der Waals surface area contributed by atoms with E-state index in [4.69, 9.17) is 0 Å². The predicted molar refractivity (Wildman–Crippen MR) is 108 cm³/mol. The Bertz CT molecular complexity index is 837. The van der Waals surface area contributed by atoms with Crippen LogP contribution in [0.1, 0.15) is 30.6 Å². The van der Waals surface area contributed by atoms with Crippen LogP contribution in [0.3, 0.4) is 0 Å². The van der Waals surface area contributed by atoms with Crippen LogP contribution in [0.25, 0.3) is 5.69 Å². The van der Waals surface area contributed by atoms with Crippen LogP contribution < -0.4 is 0 Å². The molecule has 3 aromatic rings. The molecule has 0 saturated carbocycles. The molecule has 0 radical (unpaired) electrons. The predicted octanol–water partition coefficient (Wildman–Crippen LogP) is 3.51. The van der Waals surface area contributed by atoms with Crippen molar-refractivity contribution in [1.82, 2.24) is 24.6 Å². The van der Waals surface area contributed by atoms with Crippen LogP contribution >= 0.6 is 11.8 Å². The molecular formula is C20H23N5OS. The van der Waals surface area contributed by atoms with Crippen LogP contribution in [0, 0.1) is 0 Å². The number of rotatable bonds is 8. The number of thioether (sulfide) groups is 1. The van der Waals surface area contributed by atoms with Gasteiger partial charge in [-0.15, -0.1) is 0 Å². The zero-order chi connectivity index (χ0) is 19.1. The van der Waals surface area contributed by atoms with Gasteiger partial charge in [0, 0.05) is 31.2 Å². The van der Waals surface area contributed by atoms with Gasteiger partial charge in [-0.2, -0.15) is 16.9 Å². The molecule has 6 nitrogen and oxygen atoms in total. The van der Waals surface area contributed by atoms with Gasteiger partial charge in [-0.1, -0.05) is 18.2 Å². The van der Waals surface area contributed by atoms with Gasteiger partial charge in [0.25, 0.3) is 0 Å². The molecule has 0 spiro atoms. The second-order valence-electron chi connectivity index (χ2n) is 6.24. The van der Waals surface area contributed by atoms with Crippen molar-refractivity contribution < 1.29 is 4.79 Å². The topological polar surface area (TPSA) is 63.9 Å². The maximum Gasteiger partial charge on any atom is 0.223 e. The van der Waals surface area contributed by atoms with Crippen LogP contribution in [-0.2, 0) is 10.5 Å². The van der Waals surface area contributed by atoms with Crippen molar-refractivity contribution >= 4 is 17.7 Å². The molecule has 3 rings (SSSR count). The minimum Gasteiger partial charge on any atom is -0.339 e. The molecule has 0 bridgehead atoms. The molecule has 1 amide bonds. The fourth-order valence-electron chi connectivity index (χ4n) is 2.68. The van der Waals surface area contributed by atoms with E-state index < -0.39 is 0 Å². The number of benzene rings is 1. The highest BCUT2D eigenvalue weighted by Crippen LogP contribution is 2.21. The maximum absolute atomic E-state index is 12.5. The normalized spacial score (nSPS) is 11.9. The first-order valence-corrected chi connectivity index (χ1v) is 9.99. The third-order valence-corrected chi connectivity index (χ3v) is 5.46. The van der Waals surface area contributed by atoms with Crippen molar-refractivity contribution in [2.45, 2.75) is 25.1 Å². The summed E-state index contributed by atoms with van der Waals surface area (Å²) in [6.45, 7) is 2.05. The lowest BCUT2D eigenvalue weighted by Gasteiger charge is -2.25. The van der Waals surface area contributed by atoms with Crippen LogP contribution in [0.5, 0.6) is 0 Å². The summed E-state index contributed by atoms with van der Waals surface area (Å²) in [5, 5.41) is 4.12. The van der Waals surface area contributed by atoms with Gasteiger partial charge < -0.3 is 4.90 Å². The number of hydrogen-bond donors (Lipinski definition) is 0. The first-order valence-electron chi connectivity index (χ1n) is 8.83. The molecule has 0 fully saturated rings. The Balaban J connectivity index is 1.48. The Kier molecular flexibility index (Phi) is 6.59. The fraction of sp³-hybridized carbons (Fsp3) is 0.300. The number of carbonyl (C=O) groups is 1. The second-order valence-corrected chi connectivity index (χ2v) is 7.34. The number of nitrogens with zero attached hydrogens (tertiary/aromatic N) is 5. The van der Waals surface area contributed by atoms with Crippen molar-refractivity contribution in [3.63, 3.8) is 0 Å². The highest BCUT2D eigenvalue weighted by Gasteiger charge is 2.17. The van der Waals surface area contributed by atoms with Crippen molar-refractivity contribution in [3.05, 3.63) is 72.6 Å². The second kappa shape index (κ2) is 9.32. The van der Waals surface area contributed by atoms with Crippen molar-refractivity contribution in [2.75, 3.05) is 12.8 Å².